The van der Waals surface area contributed by atoms with Crippen molar-refractivity contribution in [2.24, 2.45) is 0 Å². The number of ketones is 1. The Morgan fingerprint density at radius 2 is 1.78 bits per heavy atom. The van der Waals surface area contributed by atoms with Gasteiger partial charge in [-0.25, -0.2) is 0 Å². The number of carbonyl (C=O) groups excluding carboxylic acids is 1. The molecule has 1 aromatic heterocycles. The Balaban J connectivity index is 2.15. The number of fused-ring (bicyclic) bond motifs is 1. The lowest BCUT2D eigenvalue weighted by Crippen LogP contribution is -2.09. The summed E-state index contributed by atoms with van der Waals surface area (Å²) >= 11 is 1.50. The van der Waals surface area contributed by atoms with Crippen LogP contribution in [0.4, 0.5) is 0 Å². The average Bonchev–Trinajstić information content (AvgIpc) is 3.01. The van der Waals surface area contributed by atoms with Gasteiger partial charge in [0.2, 0.25) is 0 Å². The van der Waals surface area contributed by atoms with Crippen molar-refractivity contribution in [3.05, 3.63) is 70.1 Å². The van der Waals surface area contributed by atoms with Crippen LogP contribution in [-0.4, -0.2) is 16.9 Å². The number of hydrogen-bond donors (Lipinski definition) is 1. The standard InChI is InChI=1S/C19H16O3S/c1-11-3-5-13(6-4-11)17(20)16-10-15(12(2)19(21)22)9-14-7-8-23-18(14)16/h3-10,12H,1-2H3,(H,21,22). The molecule has 0 amide bonds. The van der Waals surface area contributed by atoms with E-state index in [1.807, 2.05) is 48.7 Å². The van der Waals surface area contributed by atoms with Crippen LogP contribution < -0.4 is 0 Å². The fourth-order valence-corrected chi connectivity index (χ4v) is 3.42. The summed E-state index contributed by atoms with van der Waals surface area (Å²) in [5.74, 6) is -1.62. The van der Waals surface area contributed by atoms with E-state index in [1.54, 1.807) is 13.0 Å². The molecule has 0 saturated heterocycles. The molecule has 0 bridgehead atoms. The normalized spacial score (nSPS) is 12.3. The second kappa shape index (κ2) is 5.97. The molecule has 23 heavy (non-hydrogen) atoms. The molecule has 0 aliphatic rings. The summed E-state index contributed by atoms with van der Waals surface area (Å²) in [5, 5.41) is 12.1. The Kier molecular flexibility index (Phi) is 4.01. The third-order valence-electron chi connectivity index (χ3n) is 4.00. The van der Waals surface area contributed by atoms with E-state index in [2.05, 4.69) is 0 Å². The monoisotopic (exact) mass is 324 g/mol. The summed E-state index contributed by atoms with van der Waals surface area (Å²) in [4.78, 5) is 24.2. The highest BCUT2D eigenvalue weighted by Gasteiger charge is 2.20. The van der Waals surface area contributed by atoms with Gasteiger partial charge in [-0.2, -0.15) is 0 Å². The molecule has 1 N–H and O–H groups in total. The van der Waals surface area contributed by atoms with Crippen LogP contribution in [0.5, 0.6) is 0 Å². The summed E-state index contributed by atoms with van der Waals surface area (Å²) in [5.41, 5.74) is 2.94. The molecular formula is C19H16O3S. The Morgan fingerprint density at radius 3 is 2.43 bits per heavy atom. The zero-order valence-electron chi connectivity index (χ0n) is 12.9. The number of rotatable bonds is 4. The number of carboxylic acid groups (broad SMARTS) is 1. The lowest BCUT2D eigenvalue weighted by atomic mass is 9.94. The number of benzene rings is 2. The average molecular weight is 324 g/mol. The van der Waals surface area contributed by atoms with Gasteiger partial charge in [0.25, 0.3) is 0 Å². The summed E-state index contributed by atoms with van der Waals surface area (Å²) in [6.45, 7) is 3.61. The van der Waals surface area contributed by atoms with Crippen molar-refractivity contribution in [1.82, 2.24) is 0 Å². The molecule has 2 aromatic carbocycles. The molecule has 1 unspecified atom stereocenters. The van der Waals surface area contributed by atoms with E-state index < -0.39 is 11.9 Å². The van der Waals surface area contributed by atoms with E-state index in [-0.39, 0.29) is 5.78 Å². The van der Waals surface area contributed by atoms with E-state index in [4.69, 9.17) is 0 Å². The fraction of sp³-hybridized carbons (Fsp3) is 0.158. The van der Waals surface area contributed by atoms with Gasteiger partial charge in [0.15, 0.2) is 5.78 Å². The second-order valence-electron chi connectivity index (χ2n) is 5.66. The van der Waals surface area contributed by atoms with Gasteiger partial charge in [0.1, 0.15) is 0 Å². The second-order valence-corrected chi connectivity index (χ2v) is 6.58. The summed E-state index contributed by atoms with van der Waals surface area (Å²) < 4.78 is 0.900. The lowest BCUT2D eigenvalue weighted by molar-refractivity contribution is -0.138. The van der Waals surface area contributed by atoms with Gasteiger partial charge in [0, 0.05) is 15.8 Å². The minimum absolute atomic E-state index is 0.0723. The van der Waals surface area contributed by atoms with E-state index in [0.717, 1.165) is 15.6 Å². The Morgan fingerprint density at radius 1 is 1.09 bits per heavy atom. The van der Waals surface area contributed by atoms with Crippen molar-refractivity contribution >= 4 is 33.2 Å². The predicted molar refractivity (Wildman–Crippen MR) is 92.5 cm³/mol. The molecule has 3 rings (SSSR count). The first-order chi connectivity index (χ1) is 11.0. The van der Waals surface area contributed by atoms with Gasteiger partial charge in [0.05, 0.1) is 5.92 Å². The summed E-state index contributed by atoms with van der Waals surface area (Å²) in [7, 11) is 0. The maximum Gasteiger partial charge on any atom is 0.310 e. The van der Waals surface area contributed by atoms with Crippen LogP contribution in [0.25, 0.3) is 10.1 Å². The third kappa shape index (κ3) is 2.90. The van der Waals surface area contributed by atoms with E-state index >= 15 is 0 Å². The van der Waals surface area contributed by atoms with Crippen LogP contribution in [0.1, 0.15) is 39.9 Å². The predicted octanol–water partition coefficient (Wildman–Crippen LogP) is 4.63. The van der Waals surface area contributed by atoms with Crippen molar-refractivity contribution < 1.29 is 14.7 Å². The molecule has 0 fully saturated rings. The van der Waals surface area contributed by atoms with Crippen molar-refractivity contribution in [3.8, 4) is 0 Å². The topological polar surface area (TPSA) is 54.4 Å². The highest BCUT2D eigenvalue weighted by molar-refractivity contribution is 7.17. The maximum absolute atomic E-state index is 12.9. The Labute approximate surface area is 138 Å². The number of aliphatic carboxylic acids is 1. The van der Waals surface area contributed by atoms with Crippen LogP contribution in [0, 0.1) is 6.92 Å². The van der Waals surface area contributed by atoms with E-state index in [0.29, 0.717) is 16.7 Å². The van der Waals surface area contributed by atoms with Crippen molar-refractivity contribution in [2.45, 2.75) is 19.8 Å². The van der Waals surface area contributed by atoms with Gasteiger partial charge >= 0.3 is 5.97 Å². The fourth-order valence-electron chi connectivity index (χ4n) is 2.53. The first-order valence-electron chi connectivity index (χ1n) is 7.32. The van der Waals surface area contributed by atoms with Crippen molar-refractivity contribution in [3.63, 3.8) is 0 Å². The van der Waals surface area contributed by atoms with Gasteiger partial charge in [-0.15, -0.1) is 11.3 Å². The summed E-state index contributed by atoms with van der Waals surface area (Å²) in [6, 6.07) is 12.9. The van der Waals surface area contributed by atoms with Crippen LogP contribution in [0.2, 0.25) is 0 Å². The first-order valence-corrected chi connectivity index (χ1v) is 8.20. The zero-order valence-corrected chi connectivity index (χ0v) is 13.7. The molecule has 0 aliphatic carbocycles. The minimum atomic E-state index is -0.895. The number of carboxylic acids is 1. The van der Waals surface area contributed by atoms with Crippen molar-refractivity contribution in [1.29, 1.82) is 0 Å². The van der Waals surface area contributed by atoms with Crippen LogP contribution in [-0.2, 0) is 4.79 Å². The quantitative estimate of drug-likeness (QED) is 0.712. The third-order valence-corrected chi connectivity index (χ3v) is 4.97. The molecule has 0 saturated carbocycles. The molecule has 4 heteroatoms. The zero-order chi connectivity index (χ0) is 16.6. The number of aryl methyl sites for hydroxylation is 1. The van der Waals surface area contributed by atoms with Gasteiger partial charge < -0.3 is 5.11 Å². The molecule has 0 radical (unpaired) electrons. The largest absolute Gasteiger partial charge is 0.481 e. The SMILES string of the molecule is Cc1ccc(C(=O)c2cc(C(C)C(=O)O)cc3ccsc23)cc1. The highest BCUT2D eigenvalue weighted by Crippen LogP contribution is 2.31. The van der Waals surface area contributed by atoms with Crippen LogP contribution in [0.15, 0.2) is 47.8 Å². The Bertz CT molecular complexity index is 891. The van der Waals surface area contributed by atoms with Crippen molar-refractivity contribution in [2.75, 3.05) is 0 Å². The molecule has 1 heterocycles. The maximum atomic E-state index is 12.9. The number of carbonyl (C=O) groups is 2. The molecule has 0 spiro atoms. The number of hydrogen-bond acceptors (Lipinski definition) is 3. The van der Waals surface area contributed by atoms with Gasteiger partial charge in [-0.05, 0) is 48.4 Å². The first kappa shape index (κ1) is 15.4. The summed E-state index contributed by atoms with van der Waals surface area (Å²) in [6.07, 6.45) is 0. The van der Waals surface area contributed by atoms with E-state index in [9.17, 15) is 14.7 Å². The molecular weight excluding hydrogens is 308 g/mol. The highest BCUT2D eigenvalue weighted by atomic mass is 32.1. The minimum Gasteiger partial charge on any atom is -0.481 e. The molecule has 1 atom stereocenters. The van der Waals surface area contributed by atoms with Crippen LogP contribution >= 0.6 is 11.3 Å². The lowest BCUT2D eigenvalue weighted by Gasteiger charge is -2.10. The molecule has 116 valence electrons. The van der Waals surface area contributed by atoms with E-state index in [1.165, 1.54) is 11.3 Å². The molecule has 3 aromatic rings. The van der Waals surface area contributed by atoms with Gasteiger partial charge in [-0.1, -0.05) is 29.8 Å². The molecule has 3 nitrogen and oxygen atoms in total. The van der Waals surface area contributed by atoms with Gasteiger partial charge in [-0.3, -0.25) is 9.59 Å². The smallest absolute Gasteiger partial charge is 0.310 e. The number of thiophene rings is 1. The Hall–Kier alpha value is -2.46. The van der Waals surface area contributed by atoms with Crippen LogP contribution in [0.3, 0.4) is 0 Å². The molecule has 0 aliphatic heterocycles.